The number of hydrogen-bond donors (Lipinski definition) is 3. The second-order valence-electron chi connectivity index (χ2n) is 5.08. The van der Waals surface area contributed by atoms with Crippen LogP contribution in [0.3, 0.4) is 0 Å². The lowest BCUT2D eigenvalue weighted by atomic mass is 9.74. The molecule has 1 aromatic rings. The maximum Gasteiger partial charge on any atom is 0.184 e. The third-order valence-electron chi connectivity index (χ3n) is 3.76. The highest BCUT2D eigenvalue weighted by Crippen LogP contribution is 2.31. The first-order valence-corrected chi connectivity index (χ1v) is 6.99. The van der Waals surface area contributed by atoms with Crippen LogP contribution in [0.25, 0.3) is 0 Å². The second kappa shape index (κ2) is 5.19. The molecule has 0 aromatic heterocycles. The van der Waals surface area contributed by atoms with Crippen LogP contribution in [-0.4, -0.2) is 17.4 Å². The van der Waals surface area contributed by atoms with Crippen molar-refractivity contribution in [1.29, 1.82) is 0 Å². The molecule has 0 aliphatic heterocycles. The molecule has 6 heteroatoms. The molecule has 1 aliphatic carbocycles. The Hall–Kier alpha value is -0.980. The molecule has 4 nitrogen and oxygen atoms in total. The highest BCUT2D eigenvalue weighted by Gasteiger charge is 2.42. The van der Waals surface area contributed by atoms with Crippen molar-refractivity contribution < 1.29 is 9.18 Å². The molecule has 2 unspecified atom stereocenters. The first-order chi connectivity index (χ1) is 8.86. The Morgan fingerprint density at radius 3 is 2.68 bits per heavy atom. The van der Waals surface area contributed by atoms with Gasteiger partial charge in [0.15, 0.2) is 11.6 Å². The molecule has 0 bridgehead atoms. The van der Waals surface area contributed by atoms with Crippen LogP contribution >= 0.6 is 15.9 Å². The Kier molecular flexibility index (Phi) is 3.94. The van der Waals surface area contributed by atoms with Crippen LogP contribution in [-0.2, 0) is 0 Å². The number of ketones is 1. The molecule has 1 aromatic carbocycles. The van der Waals surface area contributed by atoms with Crippen LogP contribution in [0.4, 0.5) is 10.1 Å². The fraction of sp³-hybridized carbons (Fsp3) is 0.462. The monoisotopic (exact) mass is 329 g/mol. The Morgan fingerprint density at radius 2 is 2.11 bits per heavy atom. The van der Waals surface area contributed by atoms with Gasteiger partial charge in [-0.2, -0.15) is 0 Å². The Bertz CT molecular complexity index is 500. The number of nitrogens with two attached hydrogens (primary N) is 3. The summed E-state index contributed by atoms with van der Waals surface area (Å²) in [6.07, 6.45) is 3.11. The molecule has 104 valence electrons. The van der Waals surface area contributed by atoms with E-state index in [9.17, 15) is 9.18 Å². The molecule has 19 heavy (non-hydrogen) atoms. The third-order valence-corrected chi connectivity index (χ3v) is 4.34. The molecule has 0 amide bonds. The van der Waals surface area contributed by atoms with Crippen LogP contribution in [0.1, 0.15) is 36.0 Å². The fourth-order valence-corrected chi connectivity index (χ4v) is 2.99. The average Bonchev–Trinajstić information content (AvgIpc) is 2.38. The number of hydrogen-bond acceptors (Lipinski definition) is 4. The predicted molar refractivity (Wildman–Crippen MR) is 76.2 cm³/mol. The number of carbonyl (C=O) groups excluding carboxylic acids is 1. The van der Waals surface area contributed by atoms with Crippen LogP contribution in [0.15, 0.2) is 16.6 Å². The van der Waals surface area contributed by atoms with Gasteiger partial charge in [0.05, 0.1) is 15.7 Å². The molecule has 2 rings (SSSR count). The minimum Gasteiger partial charge on any atom is -0.396 e. The number of anilines is 1. The summed E-state index contributed by atoms with van der Waals surface area (Å²) >= 11 is 3.04. The van der Waals surface area contributed by atoms with Crippen molar-refractivity contribution in [2.45, 2.75) is 37.3 Å². The van der Waals surface area contributed by atoms with Gasteiger partial charge in [0.1, 0.15) is 0 Å². The molecule has 6 N–H and O–H groups in total. The Labute approximate surface area is 119 Å². The smallest absolute Gasteiger partial charge is 0.184 e. The van der Waals surface area contributed by atoms with Gasteiger partial charge in [0.2, 0.25) is 0 Å². The second-order valence-corrected chi connectivity index (χ2v) is 5.94. The van der Waals surface area contributed by atoms with Crippen LogP contribution in [0, 0.1) is 5.82 Å². The highest BCUT2D eigenvalue weighted by atomic mass is 79.9. The largest absolute Gasteiger partial charge is 0.396 e. The molecule has 1 fully saturated rings. The maximum absolute atomic E-state index is 13.4. The van der Waals surface area contributed by atoms with Crippen LogP contribution < -0.4 is 17.2 Å². The van der Waals surface area contributed by atoms with E-state index >= 15 is 0 Å². The van der Waals surface area contributed by atoms with Crippen LogP contribution in [0.2, 0.25) is 0 Å². The molecule has 0 heterocycles. The van der Waals surface area contributed by atoms with Gasteiger partial charge >= 0.3 is 0 Å². The Balaban J connectivity index is 2.38. The van der Waals surface area contributed by atoms with Gasteiger partial charge in [-0.1, -0.05) is 12.8 Å². The molecule has 0 saturated heterocycles. The molecule has 1 saturated carbocycles. The normalized spacial score (nSPS) is 27.3. The van der Waals surface area contributed by atoms with E-state index in [-0.39, 0.29) is 22.0 Å². The summed E-state index contributed by atoms with van der Waals surface area (Å²) in [6, 6.07) is 2.35. The zero-order valence-corrected chi connectivity index (χ0v) is 12.0. The number of carbonyl (C=O) groups is 1. The van der Waals surface area contributed by atoms with Crippen molar-refractivity contribution in [3.63, 3.8) is 0 Å². The summed E-state index contributed by atoms with van der Waals surface area (Å²) in [4.78, 5) is 12.5. The first-order valence-electron chi connectivity index (χ1n) is 6.20. The van der Waals surface area contributed by atoms with E-state index in [1.807, 2.05) is 0 Å². The van der Waals surface area contributed by atoms with E-state index in [1.54, 1.807) is 0 Å². The molecule has 1 aliphatic rings. The van der Waals surface area contributed by atoms with Crippen molar-refractivity contribution in [3.05, 3.63) is 28.0 Å². The van der Waals surface area contributed by atoms with Crippen molar-refractivity contribution in [3.8, 4) is 0 Å². The number of rotatable bonds is 2. The zero-order chi connectivity index (χ0) is 14.2. The van der Waals surface area contributed by atoms with E-state index in [1.165, 1.54) is 12.1 Å². The summed E-state index contributed by atoms with van der Waals surface area (Å²) in [5, 5.41) is 0. The lowest BCUT2D eigenvalue weighted by Gasteiger charge is -2.37. The quantitative estimate of drug-likeness (QED) is 0.570. The van der Waals surface area contributed by atoms with E-state index < -0.39 is 11.4 Å². The van der Waals surface area contributed by atoms with E-state index in [2.05, 4.69) is 15.9 Å². The first kappa shape index (κ1) is 14.4. The molecular weight excluding hydrogens is 313 g/mol. The summed E-state index contributed by atoms with van der Waals surface area (Å²) in [5.41, 5.74) is 16.9. The average molecular weight is 330 g/mol. The topological polar surface area (TPSA) is 95.1 Å². The van der Waals surface area contributed by atoms with Gasteiger partial charge < -0.3 is 17.2 Å². The zero-order valence-electron chi connectivity index (χ0n) is 10.5. The molecule has 0 radical (unpaired) electrons. The number of benzene rings is 1. The van der Waals surface area contributed by atoms with Crippen molar-refractivity contribution in [1.82, 2.24) is 0 Å². The van der Waals surface area contributed by atoms with E-state index in [0.717, 1.165) is 19.3 Å². The van der Waals surface area contributed by atoms with Crippen molar-refractivity contribution in [2.24, 2.45) is 11.5 Å². The van der Waals surface area contributed by atoms with Gasteiger partial charge in [0, 0.05) is 11.6 Å². The Morgan fingerprint density at radius 1 is 1.42 bits per heavy atom. The van der Waals surface area contributed by atoms with Crippen molar-refractivity contribution >= 4 is 27.4 Å². The summed E-state index contributed by atoms with van der Waals surface area (Å²) < 4.78 is 13.6. The minimum atomic E-state index is -1.08. The highest BCUT2D eigenvalue weighted by molar-refractivity contribution is 9.10. The van der Waals surface area contributed by atoms with E-state index in [0.29, 0.717) is 12.0 Å². The lowest BCUT2D eigenvalue weighted by molar-refractivity contribution is 0.0822. The van der Waals surface area contributed by atoms with Gasteiger partial charge in [-0.3, -0.25) is 4.79 Å². The maximum atomic E-state index is 13.4. The van der Waals surface area contributed by atoms with Gasteiger partial charge in [-0.15, -0.1) is 0 Å². The molecular formula is C13H17BrFN3O. The number of Topliss-reactive ketones (excluding diaryl/α,β-unsaturated/α-hetero) is 1. The van der Waals surface area contributed by atoms with Gasteiger partial charge in [-0.25, -0.2) is 4.39 Å². The van der Waals surface area contributed by atoms with Crippen LogP contribution in [0.5, 0.6) is 0 Å². The third kappa shape index (κ3) is 2.52. The predicted octanol–water partition coefficient (Wildman–Crippen LogP) is 1.95. The number of nitrogen functional groups attached to an aromatic ring is 1. The summed E-state index contributed by atoms with van der Waals surface area (Å²) in [7, 11) is 0. The summed E-state index contributed by atoms with van der Waals surface area (Å²) in [5.74, 6) is -0.845. The van der Waals surface area contributed by atoms with Gasteiger partial charge in [-0.05, 0) is 40.9 Å². The van der Waals surface area contributed by atoms with Gasteiger partial charge in [0.25, 0.3) is 0 Å². The SMILES string of the molecule is Nc1cc(C(=O)C2(N)CCCCC2N)cc(Br)c1F. The lowest BCUT2D eigenvalue weighted by Crippen LogP contribution is -2.62. The molecule has 2 atom stereocenters. The summed E-state index contributed by atoms with van der Waals surface area (Å²) in [6.45, 7) is 0. The fourth-order valence-electron chi connectivity index (χ4n) is 2.52. The number of halogens is 2. The minimum absolute atomic E-state index is 0.0781. The molecule has 0 spiro atoms. The standard InChI is InChI=1S/C13H17BrFN3O/c14-8-5-7(6-9(16)11(8)15)12(19)13(18)4-2-1-3-10(13)17/h5-6,10H,1-4,16-18H2. The van der Waals surface area contributed by atoms with Crippen molar-refractivity contribution in [2.75, 3.05) is 5.73 Å². The van der Waals surface area contributed by atoms with E-state index in [4.69, 9.17) is 17.2 Å².